The number of nitrogens with one attached hydrogen (secondary N) is 2. The van der Waals surface area contributed by atoms with Gasteiger partial charge in [0.2, 0.25) is 0 Å². The quantitative estimate of drug-likeness (QED) is 0.656. The summed E-state index contributed by atoms with van der Waals surface area (Å²) >= 11 is 9.57. The number of hydrogen-bond acceptors (Lipinski definition) is 1. The fraction of sp³-hybridized carbons (Fsp3) is 0.462. The van der Waals surface area contributed by atoms with Crippen LogP contribution in [0, 0.1) is 0 Å². The van der Waals surface area contributed by atoms with Crippen molar-refractivity contribution >= 4 is 33.5 Å². The number of rotatable bonds is 4. The number of nitrogens with zero attached hydrogens (tertiary/aromatic N) is 1. The van der Waals surface area contributed by atoms with Crippen molar-refractivity contribution in [1.29, 1.82) is 0 Å². The van der Waals surface area contributed by atoms with Crippen molar-refractivity contribution in [2.45, 2.75) is 32.4 Å². The molecule has 0 heterocycles. The predicted molar refractivity (Wildman–Crippen MR) is 80.1 cm³/mol. The lowest BCUT2D eigenvalue weighted by Crippen LogP contribution is -2.38. The second-order valence-corrected chi connectivity index (χ2v) is 5.67. The third kappa shape index (κ3) is 4.18. The minimum Gasteiger partial charge on any atom is -0.357 e. The molecule has 0 bridgehead atoms. The highest BCUT2D eigenvalue weighted by Gasteiger charge is 2.22. The van der Waals surface area contributed by atoms with Crippen LogP contribution in [-0.2, 0) is 6.54 Å². The molecule has 0 spiro atoms. The van der Waals surface area contributed by atoms with E-state index in [1.165, 1.54) is 12.8 Å². The fourth-order valence-corrected chi connectivity index (χ4v) is 2.29. The van der Waals surface area contributed by atoms with Crippen LogP contribution in [0.4, 0.5) is 0 Å². The average Bonchev–Trinajstić information content (AvgIpc) is 3.12. The van der Waals surface area contributed by atoms with Crippen LogP contribution in [0.5, 0.6) is 0 Å². The van der Waals surface area contributed by atoms with Crippen LogP contribution in [0.2, 0.25) is 5.02 Å². The van der Waals surface area contributed by atoms with Gasteiger partial charge in [0, 0.05) is 22.1 Å². The Morgan fingerprint density at radius 2 is 2.28 bits per heavy atom. The molecule has 0 radical (unpaired) electrons. The second-order valence-electron chi connectivity index (χ2n) is 4.35. The Bertz CT molecular complexity index is 444. The van der Waals surface area contributed by atoms with Gasteiger partial charge in [-0.3, -0.25) is 0 Å². The van der Waals surface area contributed by atoms with Gasteiger partial charge in [0.05, 0.1) is 6.54 Å². The number of guanidine groups is 1. The van der Waals surface area contributed by atoms with Crippen molar-refractivity contribution in [2.75, 3.05) is 6.54 Å². The highest BCUT2D eigenvalue weighted by molar-refractivity contribution is 9.10. The molecule has 98 valence electrons. The molecule has 5 heteroatoms. The lowest BCUT2D eigenvalue weighted by Gasteiger charge is -2.10. The summed E-state index contributed by atoms with van der Waals surface area (Å²) in [7, 11) is 0. The molecular weight excluding hydrogens is 314 g/mol. The highest BCUT2D eigenvalue weighted by atomic mass is 79.9. The van der Waals surface area contributed by atoms with Crippen LogP contribution in [0.1, 0.15) is 25.3 Å². The predicted octanol–water partition coefficient (Wildman–Crippen LogP) is 3.32. The molecular formula is C13H17BrClN3. The Labute approximate surface area is 121 Å². The van der Waals surface area contributed by atoms with Gasteiger partial charge < -0.3 is 10.6 Å². The first-order valence-corrected chi connectivity index (χ1v) is 7.35. The van der Waals surface area contributed by atoms with Crippen LogP contribution >= 0.6 is 27.5 Å². The Morgan fingerprint density at radius 1 is 1.50 bits per heavy atom. The monoisotopic (exact) mass is 329 g/mol. The lowest BCUT2D eigenvalue weighted by molar-refractivity contribution is 0.812. The standard InChI is InChI=1S/C13H17BrClN3/c1-2-16-13(18-11-5-6-11)17-8-9-3-4-10(14)7-12(9)15/h3-4,7,11H,2,5-6,8H2,1H3,(H2,16,17,18). The molecule has 0 aromatic heterocycles. The van der Waals surface area contributed by atoms with E-state index < -0.39 is 0 Å². The Kier molecular flexibility index (Phi) is 4.89. The maximum absolute atomic E-state index is 6.17. The zero-order valence-electron chi connectivity index (χ0n) is 10.3. The van der Waals surface area contributed by atoms with E-state index in [9.17, 15) is 0 Å². The SMILES string of the molecule is CCNC(=NCc1ccc(Br)cc1Cl)NC1CC1. The van der Waals surface area contributed by atoms with E-state index in [0.717, 1.165) is 27.6 Å². The fourth-order valence-electron chi connectivity index (χ4n) is 1.56. The van der Waals surface area contributed by atoms with E-state index in [1.807, 2.05) is 18.2 Å². The van der Waals surface area contributed by atoms with E-state index in [2.05, 4.69) is 38.5 Å². The van der Waals surface area contributed by atoms with Gasteiger partial charge in [-0.25, -0.2) is 4.99 Å². The minimum atomic E-state index is 0.591. The summed E-state index contributed by atoms with van der Waals surface area (Å²) in [6.45, 7) is 3.53. The molecule has 0 saturated heterocycles. The van der Waals surface area contributed by atoms with E-state index in [4.69, 9.17) is 11.6 Å². The van der Waals surface area contributed by atoms with Crippen molar-refractivity contribution in [3.8, 4) is 0 Å². The van der Waals surface area contributed by atoms with Crippen LogP contribution in [0.15, 0.2) is 27.7 Å². The first kappa shape index (κ1) is 13.7. The third-order valence-electron chi connectivity index (χ3n) is 2.69. The smallest absolute Gasteiger partial charge is 0.191 e. The third-order valence-corrected chi connectivity index (χ3v) is 3.53. The van der Waals surface area contributed by atoms with Crippen molar-refractivity contribution in [3.05, 3.63) is 33.3 Å². The van der Waals surface area contributed by atoms with Crippen LogP contribution < -0.4 is 10.6 Å². The summed E-state index contributed by atoms with van der Waals surface area (Å²) < 4.78 is 0.989. The van der Waals surface area contributed by atoms with Gasteiger partial charge in [0.15, 0.2) is 5.96 Å². The number of aliphatic imine (C=N–C) groups is 1. The van der Waals surface area contributed by atoms with Gasteiger partial charge in [-0.05, 0) is 37.5 Å². The number of benzene rings is 1. The van der Waals surface area contributed by atoms with Gasteiger partial charge in [-0.15, -0.1) is 0 Å². The largest absolute Gasteiger partial charge is 0.357 e. The molecule has 0 atom stereocenters. The maximum Gasteiger partial charge on any atom is 0.191 e. The Hall–Kier alpha value is -0.740. The zero-order chi connectivity index (χ0) is 13.0. The van der Waals surface area contributed by atoms with Crippen molar-refractivity contribution < 1.29 is 0 Å². The normalized spacial score (nSPS) is 15.6. The second kappa shape index (κ2) is 6.43. The van der Waals surface area contributed by atoms with Crippen molar-refractivity contribution in [2.24, 2.45) is 4.99 Å². The molecule has 0 amide bonds. The summed E-state index contributed by atoms with van der Waals surface area (Å²) in [6.07, 6.45) is 2.48. The molecule has 1 fully saturated rings. The van der Waals surface area contributed by atoms with Crippen LogP contribution in [-0.4, -0.2) is 18.5 Å². The molecule has 1 aliphatic rings. The molecule has 18 heavy (non-hydrogen) atoms. The molecule has 0 unspecified atom stereocenters. The topological polar surface area (TPSA) is 36.4 Å². The lowest BCUT2D eigenvalue weighted by atomic mass is 10.2. The van der Waals surface area contributed by atoms with Gasteiger partial charge >= 0.3 is 0 Å². The number of halogens is 2. The molecule has 0 aliphatic heterocycles. The Morgan fingerprint density at radius 3 is 2.89 bits per heavy atom. The van der Waals surface area contributed by atoms with Crippen molar-refractivity contribution in [3.63, 3.8) is 0 Å². The van der Waals surface area contributed by atoms with Gasteiger partial charge in [0.1, 0.15) is 0 Å². The molecule has 1 saturated carbocycles. The summed E-state index contributed by atoms with van der Waals surface area (Å²) in [5.74, 6) is 0.874. The Balaban J connectivity index is 2.00. The molecule has 2 rings (SSSR count). The van der Waals surface area contributed by atoms with Crippen LogP contribution in [0.3, 0.4) is 0 Å². The highest BCUT2D eigenvalue weighted by Crippen LogP contribution is 2.22. The summed E-state index contributed by atoms with van der Waals surface area (Å²) in [5.41, 5.74) is 1.04. The van der Waals surface area contributed by atoms with Crippen molar-refractivity contribution in [1.82, 2.24) is 10.6 Å². The van der Waals surface area contributed by atoms with Crippen LogP contribution in [0.25, 0.3) is 0 Å². The molecule has 1 aliphatic carbocycles. The molecule has 2 N–H and O–H groups in total. The van der Waals surface area contributed by atoms with Gasteiger partial charge in [-0.1, -0.05) is 33.6 Å². The van der Waals surface area contributed by atoms with E-state index in [-0.39, 0.29) is 0 Å². The zero-order valence-corrected chi connectivity index (χ0v) is 12.7. The summed E-state index contributed by atoms with van der Waals surface area (Å²) in [6, 6.07) is 6.48. The maximum atomic E-state index is 6.17. The first-order chi connectivity index (χ1) is 8.69. The summed E-state index contributed by atoms with van der Waals surface area (Å²) in [4.78, 5) is 4.55. The number of hydrogen-bond donors (Lipinski definition) is 2. The van der Waals surface area contributed by atoms with Gasteiger partial charge in [0.25, 0.3) is 0 Å². The van der Waals surface area contributed by atoms with Gasteiger partial charge in [-0.2, -0.15) is 0 Å². The van der Waals surface area contributed by atoms with E-state index in [0.29, 0.717) is 12.6 Å². The molecule has 3 nitrogen and oxygen atoms in total. The molecule has 1 aromatic rings. The van der Waals surface area contributed by atoms with E-state index >= 15 is 0 Å². The van der Waals surface area contributed by atoms with E-state index in [1.54, 1.807) is 0 Å². The first-order valence-electron chi connectivity index (χ1n) is 6.18. The molecule has 1 aromatic carbocycles. The minimum absolute atomic E-state index is 0.591. The summed E-state index contributed by atoms with van der Waals surface area (Å²) in [5, 5.41) is 7.37. The average molecular weight is 331 g/mol.